The zero-order valence-electron chi connectivity index (χ0n) is 13.8. The van der Waals surface area contributed by atoms with Gasteiger partial charge in [0.2, 0.25) is 0 Å². The van der Waals surface area contributed by atoms with Crippen molar-refractivity contribution in [3.8, 4) is 0 Å². The maximum absolute atomic E-state index is 13.6. The summed E-state index contributed by atoms with van der Waals surface area (Å²) in [5, 5.41) is -5.68. The molecule has 4 aliphatic carbocycles. The number of hydrogen-bond donors (Lipinski definition) is 1. The number of ether oxygens (including phenoxy) is 1. The van der Waals surface area contributed by atoms with Crippen LogP contribution in [-0.4, -0.2) is 36.5 Å². The molecule has 0 aromatic carbocycles. The van der Waals surface area contributed by atoms with Crippen LogP contribution in [0.5, 0.6) is 0 Å². The molecule has 0 amide bonds. The molecule has 0 heterocycles. The smallest absolute Gasteiger partial charge is 0.432 e. The molecule has 8 unspecified atom stereocenters. The van der Waals surface area contributed by atoms with Crippen molar-refractivity contribution in [2.24, 2.45) is 41.4 Å². The van der Waals surface area contributed by atoms with Crippen LogP contribution in [0.2, 0.25) is 0 Å². The van der Waals surface area contributed by atoms with Crippen molar-refractivity contribution >= 4 is 16.1 Å². The number of rotatable bonds is 4. The lowest BCUT2D eigenvalue weighted by atomic mass is 9.69. The fraction of sp³-hybridized carbons (Fsp3) is 0.812. The Balaban J connectivity index is 1.54. The number of halogens is 5. The van der Waals surface area contributed by atoms with Crippen LogP contribution < -0.4 is 0 Å². The Bertz CT molecular complexity index is 792. The van der Waals surface area contributed by atoms with Crippen molar-refractivity contribution in [1.29, 1.82) is 0 Å². The molecular weight excluding hydrogens is 399 g/mol. The summed E-state index contributed by atoms with van der Waals surface area (Å²) in [7, 11) is -6.43. The van der Waals surface area contributed by atoms with E-state index in [0.29, 0.717) is 18.3 Å². The molecule has 3 fully saturated rings. The molecule has 27 heavy (non-hydrogen) atoms. The third-order valence-electron chi connectivity index (χ3n) is 6.75. The highest BCUT2D eigenvalue weighted by Gasteiger charge is 2.68. The molecule has 11 heteroatoms. The third-order valence-corrected chi connectivity index (χ3v) is 7.66. The maximum Gasteiger partial charge on any atom is 0.432 e. The molecule has 1 N–H and O–H groups in total. The molecule has 4 rings (SSSR count). The van der Waals surface area contributed by atoms with E-state index in [4.69, 9.17) is 4.55 Å². The number of carbonyl (C=O) groups excluding carboxylic acids is 1. The van der Waals surface area contributed by atoms with E-state index in [9.17, 15) is 35.2 Å². The minimum Gasteiger partial charge on any atom is -0.444 e. The summed E-state index contributed by atoms with van der Waals surface area (Å²) in [6, 6.07) is 0. The van der Waals surface area contributed by atoms with E-state index >= 15 is 0 Å². The topological polar surface area (TPSA) is 80.7 Å². The highest BCUT2D eigenvalue weighted by Crippen LogP contribution is 2.67. The van der Waals surface area contributed by atoms with E-state index in [1.54, 1.807) is 0 Å². The molecule has 152 valence electrons. The van der Waals surface area contributed by atoms with E-state index in [-0.39, 0.29) is 30.1 Å². The number of esters is 1. The Morgan fingerprint density at radius 2 is 1.63 bits per heavy atom. The first-order valence-electron chi connectivity index (χ1n) is 8.62. The second-order valence-corrected chi connectivity index (χ2v) is 9.49. The largest absolute Gasteiger partial charge is 0.444 e. The van der Waals surface area contributed by atoms with E-state index in [1.807, 2.05) is 6.08 Å². The second-order valence-electron chi connectivity index (χ2n) is 8.00. The van der Waals surface area contributed by atoms with Gasteiger partial charge >= 0.3 is 27.5 Å². The van der Waals surface area contributed by atoms with Gasteiger partial charge in [0.15, 0.2) is 0 Å². The van der Waals surface area contributed by atoms with Gasteiger partial charge in [-0.2, -0.15) is 30.4 Å². The first-order valence-corrected chi connectivity index (χ1v) is 10.1. The lowest BCUT2D eigenvalue weighted by molar-refractivity contribution is -0.261. The average molecular weight is 416 g/mol. The highest BCUT2D eigenvalue weighted by atomic mass is 32.2. The Morgan fingerprint density at radius 1 is 1.04 bits per heavy atom. The lowest BCUT2D eigenvalue weighted by Crippen LogP contribution is -2.53. The predicted molar refractivity (Wildman–Crippen MR) is 79.9 cm³/mol. The molecular formula is C16H17F5O5S. The van der Waals surface area contributed by atoms with Crippen molar-refractivity contribution in [3.63, 3.8) is 0 Å². The molecule has 5 nitrogen and oxygen atoms in total. The molecule has 8 atom stereocenters. The van der Waals surface area contributed by atoms with E-state index in [2.05, 4.69) is 10.8 Å². The molecule has 4 bridgehead atoms. The van der Waals surface area contributed by atoms with Gasteiger partial charge in [0.05, 0.1) is 5.92 Å². The molecule has 3 saturated carbocycles. The van der Waals surface area contributed by atoms with E-state index in [0.717, 1.165) is 6.42 Å². The summed E-state index contributed by atoms with van der Waals surface area (Å²) >= 11 is 0. The fourth-order valence-corrected chi connectivity index (χ4v) is 6.40. The molecule has 0 spiro atoms. The monoisotopic (exact) mass is 416 g/mol. The zero-order chi connectivity index (χ0) is 19.9. The van der Waals surface area contributed by atoms with Gasteiger partial charge in [0.1, 0.15) is 0 Å². The van der Waals surface area contributed by atoms with Crippen LogP contribution in [0.1, 0.15) is 19.3 Å². The molecule has 4 aliphatic rings. The van der Waals surface area contributed by atoms with Crippen LogP contribution in [0.3, 0.4) is 0 Å². The standard InChI is InChI=1S/C16H17F5O5S/c17-15(18,19)14(16(20,21)27(23,24)25)26-13(22)10-5-8-4-9(10)12-7-2-1-6(3-7)11(8)12/h1-2,6-12,14H,3-5H2,(H,23,24,25). The molecule has 0 radical (unpaired) electrons. The maximum atomic E-state index is 13.6. The minimum atomic E-state index is -6.43. The van der Waals surface area contributed by atoms with Gasteiger partial charge in [-0.05, 0) is 54.8 Å². The van der Waals surface area contributed by atoms with Gasteiger partial charge in [-0.3, -0.25) is 9.35 Å². The van der Waals surface area contributed by atoms with Gasteiger partial charge in [0, 0.05) is 0 Å². The van der Waals surface area contributed by atoms with Crippen molar-refractivity contribution in [2.75, 3.05) is 0 Å². The Labute approximate surface area is 151 Å². The highest BCUT2D eigenvalue weighted by molar-refractivity contribution is 7.86. The second kappa shape index (κ2) is 5.65. The molecule has 0 aliphatic heterocycles. The molecule has 0 saturated heterocycles. The summed E-state index contributed by atoms with van der Waals surface area (Å²) in [4.78, 5) is 12.3. The fourth-order valence-electron chi connectivity index (χ4n) is 5.95. The van der Waals surface area contributed by atoms with Gasteiger partial charge in [-0.25, -0.2) is 0 Å². The van der Waals surface area contributed by atoms with Gasteiger partial charge in [-0.15, -0.1) is 0 Å². The minimum absolute atomic E-state index is 0.128. The summed E-state index contributed by atoms with van der Waals surface area (Å²) in [6.45, 7) is 0. The van der Waals surface area contributed by atoms with E-state index in [1.165, 1.54) is 0 Å². The van der Waals surface area contributed by atoms with Gasteiger partial charge in [0.25, 0.3) is 6.10 Å². The summed E-state index contributed by atoms with van der Waals surface area (Å²) in [5.74, 6) is -1.43. The van der Waals surface area contributed by atoms with E-state index < -0.39 is 39.5 Å². The number of fused-ring (bicyclic) bond motifs is 9. The Kier molecular flexibility index (Phi) is 4.00. The van der Waals surface area contributed by atoms with Crippen LogP contribution in [0.25, 0.3) is 0 Å². The third kappa shape index (κ3) is 2.72. The first-order chi connectivity index (χ1) is 12.3. The van der Waals surface area contributed by atoms with Gasteiger partial charge in [-0.1, -0.05) is 12.2 Å². The lowest BCUT2D eigenvalue weighted by Gasteiger charge is -2.36. The van der Waals surface area contributed by atoms with Crippen LogP contribution in [0, 0.1) is 41.4 Å². The van der Waals surface area contributed by atoms with Gasteiger partial charge < -0.3 is 4.74 Å². The summed E-state index contributed by atoms with van der Waals surface area (Å²) in [6.07, 6.45) is -4.10. The Hall–Kier alpha value is -1.23. The predicted octanol–water partition coefficient (Wildman–Crippen LogP) is 3.04. The van der Waals surface area contributed by atoms with Crippen LogP contribution in [-0.2, 0) is 19.6 Å². The van der Waals surface area contributed by atoms with Crippen molar-refractivity contribution in [2.45, 2.75) is 36.8 Å². The van der Waals surface area contributed by atoms with Crippen molar-refractivity contribution < 1.29 is 44.5 Å². The average Bonchev–Trinajstić information content (AvgIpc) is 3.26. The van der Waals surface area contributed by atoms with Crippen molar-refractivity contribution in [3.05, 3.63) is 12.2 Å². The molecule has 0 aromatic rings. The summed E-state index contributed by atoms with van der Waals surface area (Å²) in [5.41, 5.74) is 0. The SMILES string of the molecule is O=C(OC(C(F)(F)F)C(F)(F)S(=O)(=O)O)C1CC2CC1C1C3C=CC(C3)C21. The quantitative estimate of drug-likeness (QED) is 0.251. The van der Waals surface area contributed by atoms with Crippen LogP contribution in [0.4, 0.5) is 22.0 Å². The van der Waals surface area contributed by atoms with Crippen molar-refractivity contribution in [1.82, 2.24) is 0 Å². The van der Waals surface area contributed by atoms with Crippen LogP contribution >= 0.6 is 0 Å². The first kappa shape index (κ1) is 19.1. The van der Waals surface area contributed by atoms with Crippen LogP contribution in [0.15, 0.2) is 12.2 Å². The number of alkyl halides is 5. The Morgan fingerprint density at radius 3 is 2.19 bits per heavy atom. The number of carbonyl (C=O) groups is 1. The summed E-state index contributed by atoms with van der Waals surface area (Å²) < 4.78 is 100. The number of allylic oxidation sites excluding steroid dienone is 2. The number of hydrogen-bond acceptors (Lipinski definition) is 4. The normalized spacial score (nSPS) is 41.0. The molecule has 0 aromatic heterocycles. The zero-order valence-corrected chi connectivity index (χ0v) is 14.6.